The van der Waals surface area contributed by atoms with Gasteiger partial charge in [-0.1, -0.05) is 13.0 Å². The van der Waals surface area contributed by atoms with Crippen molar-refractivity contribution in [2.45, 2.75) is 25.2 Å². The smallest absolute Gasteiger partial charge is 0.159 e. The summed E-state index contributed by atoms with van der Waals surface area (Å²) >= 11 is 0. The molecule has 1 fully saturated rings. The average molecular weight is 168 g/mol. The number of rotatable bonds is 1. The third-order valence-corrected chi connectivity index (χ3v) is 2.62. The predicted molar refractivity (Wildman–Crippen MR) is 42.9 cm³/mol. The molecular weight excluding hydrogens is 158 g/mol. The van der Waals surface area contributed by atoms with Gasteiger partial charge in [0.2, 0.25) is 0 Å². The number of hydrogen-bond donors (Lipinski definition) is 0. The summed E-state index contributed by atoms with van der Waals surface area (Å²) in [6.07, 6.45) is 2.16. The molecule has 12 heavy (non-hydrogen) atoms. The highest BCUT2D eigenvalue weighted by Crippen LogP contribution is 2.47. The summed E-state index contributed by atoms with van der Waals surface area (Å²) in [5.74, 6) is -1.50. The SMILES string of the molecule is CC1(c2ccc(F)c(F)c2)CC1. The first-order valence-electron chi connectivity index (χ1n) is 4.07. The van der Waals surface area contributed by atoms with E-state index in [0.29, 0.717) is 0 Å². The van der Waals surface area contributed by atoms with Crippen LogP contribution in [0.5, 0.6) is 0 Å². The van der Waals surface area contributed by atoms with E-state index in [9.17, 15) is 8.78 Å². The Balaban J connectivity index is 2.41. The predicted octanol–water partition coefficient (Wildman–Crippen LogP) is 3.02. The van der Waals surface area contributed by atoms with Crippen molar-refractivity contribution in [2.24, 2.45) is 0 Å². The zero-order valence-corrected chi connectivity index (χ0v) is 6.90. The minimum atomic E-state index is -0.761. The molecule has 1 aliphatic rings. The molecular formula is C10H10F2. The van der Waals surface area contributed by atoms with Crippen molar-refractivity contribution in [1.29, 1.82) is 0 Å². The topological polar surface area (TPSA) is 0 Å². The van der Waals surface area contributed by atoms with Gasteiger partial charge in [0.1, 0.15) is 0 Å². The average Bonchev–Trinajstić information content (AvgIpc) is 2.75. The maximum absolute atomic E-state index is 12.8. The van der Waals surface area contributed by atoms with Gasteiger partial charge in [0.15, 0.2) is 11.6 Å². The van der Waals surface area contributed by atoms with Crippen molar-refractivity contribution in [3.63, 3.8) is 0 Å². The first-order valence-corrected chi connectivity index (χ1v) is 4.07. The molecule has 2 heteroatoms. The van der Waals surface area contributed by atoms with Gasteiger partial charge >= 0.3 is 0 Å². The quantitative estimate of drug-likeness (QED) is 0.604. The first-order chi connectivity index (χ1) is 5.62. The molecule has 1 aromatic carbocycles. The number of benzene rings is 1. The summed E-state index contributed by atoms with van der Waals surface area (Å²) in [6.45, 7) is 2.07. The minimum Gasteiger partial charge on any atom is -0.204 e. The highest BCUT2D eigenvalue weighted by atomic mass is 19.2. The fraction of sp³-hybridized carbons (Fsp3) is 0.400. The molecule has 0 aromatic heterocycles. The zero-order valence-electron chi connectivity index (χ0n) is 6.90. The summed E-state index contributed by atoms with van der Waals surface area (Å²) in [4.78, 5) is 0. The lowest BCUT2D eigenvalue weighted by Crippen LogP contribution is -2.00. The minimum absolute atomic E-state index is 0.120. The number of halogens is 2. The van der Waals surface area contributed by atoms with E-state index >= 15 is 0 Å². The van der Waals surface area contributed by atoms with Crippen molar-refractivity contribution in [2.75, 3.05) is 0 Å². The molecule has 0 saturated heterocycles. The standard InChI is InChI=1S/C10H10F2/c1-10(4-5-10)7-2-3-8(11)9(12)6-7/h2-3,6H,4-5H2,1H3. The second kappa shape index (κ2) is 2.28. The third-order valence-electron chi connectivity index (χ3n) is 2.62. The number of hydrogen-bond acceptors (Lipinski definition) is 0. The van der Waals surface area contributed by atoms with Crippen molar-refractivity contribution in [3.8, 4) is 0 Å². The van der Waals surface area contributed by atoms with Crippen LogP contribution in [-0.4, -0.2) is 0 Å². The lowest BCUT2D eigenvalue weighted by Gasteiger charge is -2.07. The van der Waals surface area contributed by atoms with Crippen LogP contribution >= 0.6 is 0 Å². The molecule has 1 aromatic rings. The normalized spacial score (nSPS) is 19.2. The van der Waals surface area contributed by atoms with E-state index in [4.69, 9.17) is 0 Å². The Morgan fingerprint density at radius 2 is 1.83 bits per heavy atom. The molecule has 0 N–H and O–H groups in total. The van der Waals surface area contributed by atoms with Crippen molar-refractivity contribution >= 4 is 0 Å². The van der Waals surface area contributed by atoms with Crippen molar-refractivity contribution < 1.29 is 8.78 Å². The molecule has 0 nitrogen and oxygen atoms in total. The Bertz CT molecular complexity index is 314. The highest BCUT2D eigenvalue weighted by molar-refractivity contribution is 5.30. The molecule has 0 radical (unpaired) electrons. The largest absolute Gasteiger partial charge is 0.204 e. The Kier molecular flexibility index (Phi) is 1.47. The lowest BCUT2D eigenvalue weighted by atomic mass is 9.98. The third kappa shape index (κ3) is 1.11. The van der Waals surface area contributed by atoms with Crippen LogP contribution in [0.15, 0.2) is 18.2 Å². The summed E-state index contributed by atoms with van der Waals surface area (Å²) in [5, 5.41) is 0. The van der Waals surface area contributed by atoms with Crippen LogP contribution in [0.1, 0.15) is 25.3 Å². The van der Waals surface area contributed by atoms with E-state index in [-0.39, 0.29) is 5.41 Å². The molecule has 0 bridgehead atoms. The van der Waals surface area contributed by atoms with Gasteiger partial charge < -0.3 is 0 Å². The maximum Gasteiger partial charge on any atom is 0.159 e. The van der Waals surface area contributed by atoms with E-state index in [1.54, 1.807) is 6.07 Å². The summed E-state index contributed by atoms with van der Waals surface area (Å²) < 4.78 is 25.3. The van der Waals surface area contributed by atoms with E-state index in [1.807, 2.05) is 0 Å². The van der Waals surface area contributed by atoms with Crippen LogP contribution in [0.2, 0.25) is 0 Å². The van der Waals surface area contributed by atoms with Crippen LogP contribution in [0.4, 0.5) is 8.78 Å². The van der Waals surface area contributed by atoms with Gasteiger partial charge in [0.25, 0.3) is 0 Å². The maximum atomic E-state index is 12.8. The molecule has 0 heterocycles. The second-order valence-corrected chi connectivity index (χ2v) is 3.69. The van der Waals surface area contributed by atoms with Gasteiger partial charge in [-0.15, -0.1) is 0 Å². The Hall–Kier alpha value is -0.920. The Labute approximate surface area is 70.2 Å². The summed E-state index contributed by atoms with van der Waals surface area (Å²) in [7, 11) is 0. The fourth-order valence-electron chi connectivity index (χ4n) is 1.35. The summed E-state index contributed by atoms with van der Waals surface area (Å²) in [6, 6.07) is 4.18. The molecule has 0 spiro atoms. The second-order valence-electron chi connectivity index (χ2n) is 3.69. The van der Waals surface area contributed by atoms with E-state index in [0.717, 1.165) is 18.4 Å². The van der Waals surface area contributed by atoms with E-state index in [1.165, 1.54) is 12.1 Å². The van der Waals surface area contributed by atoms with Crippen LogP contribution < -0.4 is 0 Å². The zero-order chi connectivity index (χ0) is 8.77. The van der Waals surface area contributed by atoms with Crippen LogP contribution in [-0.2, 0) is 5.41 Å². The fourth-order valence-corrected chi connectivity index (χ4v) is 1.35. The van der Waals surface area contributed by atoms with Crippen LogP contribution in [0, 0.1) is 11.6 Å². The Morgan fingerprint density at radius 1 is 1.17 bits per heavy atom. The van der Waals surface area contributed by atoms with Crippen LogP contribution in [0.25, 0.3) is 0 Å². The van der Waals surface area contributed by atoms with E-state index in [2.05, 4.69) is 6.92 Å². The molecule has 0 unspecified atom stereocenters. The van der Waals surface area contributed by atoms with Gasteiger partial charge in [-0.25, -0.2) is 8.78 Å². The first kappa shape index (κ1) is 7.71. The molecule has 0 aliphatic heterocycles. The van der Waals surface area contributed by atoms with E-state index < -0.39 is 11.6 Å². The molecule has 2 rings (SSSR count). The molecule has 1 aliphatic carbocycles. The molecule has 0 amide bonds. The van der Waals surface area contributed by atoms with Crippen LogP contribution in [0.3, 0.4) is 0 Å². The molecule has 64 valence electrons. The monoisotopic (exact) mass is 168 g/mol. The van der Waals surface area contributed by atoms with Gasteiger partial charge in [0.05, 0.1) is 0 Å². The van der Waals surface area contributed by atoms with Gasteiger partial charge in [-0.05, 0) is 36.0 Å². The highest BCUT2D eigenvalue weighted by Gasteiger charge is 2.39. The lowest BCUT2D eigenvalue weighted by molar-refractivity contribution is 0.505. The van der Waals surface area contributed by atoms with Crippen molar-refractivity contribution in [3.05, 3.63) is 35.4 Å². The molecule has 0 atom stereocenters. The van der Waals surface area contributed by atoms with Gasteiger partial charge in [-0.3, -0.25) is 0 Å². The summed E-state index contributed by atoms with van der Waals surface area (Å²) in [5.41, 5.74) is 1.04. The van der Waals surface area contributed by atoms with Gasteiger partial charge in [0, 0.05) is 0 Å². The van der Waals surface area contributed by atoms with Gasteiger partial charge in [-0.2, -0.15) is 0 Å². The Morgan fingerprint density at radius 3 is 2.33 bits per heavy atom. The molecule has 1 saturated carbocycles. The van der Waals surface area contributed by atoms with Crippen molar-refractivity contribution in [1.82, 2.24) is 0 Å².